The van der Waals surface area contributed by atoms with Gasteiger partial charge in [-0.05, 0) is 60.2 Å². The molecule has 0 saturated carbocycles. The topological polar surface area (TPSA) is 17.8 Å². The third-order valence-electron chi connectivity index (χ3n) is 6.26. The molecule has 1 aromatic heterocycles. The zero-order valence-electron chi connectivity index (χ0n) is 19.8. The van der Waals surface area contributed by atoms with Crippen LogP contribution < -0.4 is 0 Å². The largest absolute Gasteiger partial charge is 0.435 e. The number of aryl methyl sites for hydroxylation is 1. The average Bonchev–Trinajstić information content (AvgIpc) is 3.33. The standard InChI is InChI=1S/C31H25F3N2/c1-22-12-14-25(15-13-22)29-21-30(31(32,33)34)35-36(29)28-17-16-26(18-23-8-4-2-5-9-23)27(20-28)19-24-10-6-3-7-11-24/h2-17,20-21H,18-19H2,1H3. The van der Waals surface area contributed by atoms with Gasteiger partial charge in [-0.15, -0.1) is 0 Å². The van der Waals surface area contributed by atoms with E-state index in [0.29, 0.717) is 23.4 Å². The predicted octanol–water partition coefficient (Wildman–Crippen LogP) is 8.05. The Bertz CT molecular complexity index is 1450. The van der Waals surface area contributed by atoms with Crippen LogP contribution in [0.15, 0.2) is 109 Å². The molecule has 0 fully saturated rings. The SMILES string of the molecule is Cc1ccc(-c2cc(C(F)(F)F)nn2-c2ccc(Cc3ccccc3)c(Cc3ccccc3)c2)cc1. The second kappa shape index (κ2) is 9.86. The van der Waals surface area contributed by atoms with Crippen molar-refractivity contribution in [3.8, 4) is 16.9 Å². The molecule has 4 aromatic carbocycles. The molecule has 0 atom stereocenters. The molecule has 0 spiro atoms. The van der Waals surface area contributed by atoms with Crippen LogP contribution in [0.5, 0.6) is 0 Å². The summed E-state index contributed by atoms with van der Waals surface area (Å²) in [4.78, 5) is 0. The van der Waals surface area contributed by atoms with Crippen molar-refractivity contribution in [1.82, 2.24) is 9.78 Å². The molecule has 0 aliphatic heterocycles. The molecule has 0 radical (unpaired) electrons. The Kier molecular flexibility index (Phi) is 6.47. The molecule has 1 heterocycles. The Morgan fingerprint density at radius 3 is 1.83 bits per heavy atom. The molecular formula is C31H25F3N2. The summed E-state index contributed by atoms with van der Waals surface area (Å²) < 4.78 is 42.4. The van der Waals surface area contributed by atoms with Crippen molar-refractivity contribution in [2.24, 2.45) is 0 Å². The molecule has 0 aliphatic rings. The third-order valence-corrected chi connectivity index (χ3v) is 6.26. The number of aromatic nitrogens is 2. The molecule has 5 heteroatoms. The van der Waals surface area contributed by atoms with Gasteiger partial charge in [0.25, 0.3) is 0 Å². The highest BCUT2D eigenvalue weighted by molar-refractivity contribution is 5.64. The maximum absolute atomic E-state index is 13.7. The smallest absolute Gasteiger partial charge is 0.232 e. The Hall–Kier alpha value is -4.12. The molecule has 5 rings (SSSR count). The second-order valence-electron chi connectivity index (χ2n) is 8.97. The summed E-state index contributed by atoms with van der Waals surface area (Å²) in [6.07, 6.45) is -3.13. The lowest BCUT2D eigenvalue weighted by atomic mass is 9.94. The molecule has 0 saturated heterocycles. The van der Waals surface area contributed by atoms with Crippen molar-refractivity contribution in [2.45, 2.75) is 25.9 Å². The number of nitrogens with zero attached hydrogens (tertiary/aromatic N) is 2. The maximum atomic E-state index is 13.7. The first kappa shape index (κ1) is 23.6. The molecule has 180 valence electrons. The number of halogens is 3. The third kappa shape index (κ3) is 5.25. The second-order valence-corrected chi connectivity index (χ2v) is 8.97. The predicted molar refractivity (Wildman–Crippen MR) is 137 cm³/mol. The van der Waals surface area contributed by atoms with E-state index in [1.807, 2.05) is 85.8 Å². The lowest BCUT2D eigenvalue weighted by Crippen LogP contribution is -2.08. The van der Waals surface area contributed by atoms with Crippen LogP contribution in [0.1, 0.15) is 33.5 Å². The van der Waals surface area contributed by atoms with Crippen LogP contribution in [0.2, 0.25) is 0 Å². The first-order valence-electron chi connectivity index (χ1n) is 11.8. The Labute approximate surface area is 208 Å². The fourth-order valence-electron chi connectivity index (χ4n) is 4.36. The fraction of sp³-hybridized carbons (Fsp3) is 0.129. The van der Waals surface area contributed by atoms with Crippen LogP contribution in [-0.4, -0.2) is 9.78 Å². The van der Waals surface area contributed by atoms with Gasteiger partial charge in [-0.2, -0.15) is 18.3 Å². The summed E-state index contributed by atoms with van der Waals surface area (Å²) in [6, 6.07) is 34.7. The first-order chi connectivity index (χ1) is 17.4. The lowest BCUT2D eigenvalue weighted by Gasteiger charge is -2.15. The van der Waals surface area contributed by atoms with Crippen LogP contribution in [0, 0.1) is 6.92 Å². The van der Waals surface area contributed by atoms with Gasteiger partial charge in [0, 0.05) is 5.56 Å². The van der Waals surface area contributed by atoms with Crippen molar-refractivity contribution >= 4 is 0 Å². The minimum atomic E-state index is -4.54. The molecular weight excluding hydrogens is 457 g/mol. The van der Waals surface area contributed by atoms with Crippen molar-refractivity contribution in [3.63, 3.8) is 0 Å². The minimum Gasteiger partial charge on any atom is -0.232 e. The van der Waals surface area contributed by atoms with Crippen LogP contribution in [-0.2, 0) is 19.0 Å². The summed E-state index contributed by atoms with van der Waals surface area (Å²) in [5.74, 6) is 0. The summed E-state index contributed by atoms with van der Waals surface area (Å²) in [7, 11) is 0. The van der Waals surface area contributed by atoms with Crippen molar-refractivity contribution in [1.29, 1.82) is 0 Å². The van der Waals surface area contributed by atoms with E-state index in [0.717, 1.165) is 34.7 Å². The van der Waals surface area contributed by atoms with Crippen LogP contribution >= 0.6 is 0 Å². The Morgan fingerprint density at radius 1 is 0.667 bits per heavy atom. The molecule has 0 aliphatic carbocycles. The van der Waals surface area contributed by atoms with Crippen molar-refractivity contribution in [2.75, 3.05) is 0 Å². The van der Waals surface area contributed by atoms with Crippen LogP contribution in [0.4, 0.5) is 13.2 Å². The molecule has 0 N–H and O–H groups in total. The zero-order chi connectivity index (χ0) is 25.1. The maximum Gasteiger partial charge on any atom is 0.435 e. The quantitative estimate of drug-likeness (QED) is 0.239. The molecule has 0 unspecified atom stereocenters. The molecule has 5 aromatic rings. The van der Waals surface area contributed by atoms with Gasteiger partial charge in [0.15, 0.2) is 5.69 Å². The summed E-state index contributed by atoms with van der Waals surface area (Å²) in [5.41, 5.74) is 6.33. The van der Waals surface area contributed by atoms with Gasteiger partial charge in [-0.3, -0.25) is 0 Å². The highest BCUT2D eigenvalue weighted by atomic mass is 19.4. The molecule has 0 bridgehead atoms. The van der Waals surface area contributed by atoms with Gasteiger partial charge in [0.05, 0.1) is 11.4 Å². The summed E-state index contributed by atoms with van der Waals surface area (Å²) in [5, 5.41) is 4.00. The van der Waals surface area contributed by atoms with E-state index in [1.54, 1.807) is 0 Å². The van der Waals surface area contributed by atoms with E-state index in [1.165, 1.54) is 10.2 Å². The van der Waals surface area contributed by atoms with Gasteiger partial charge in [0.2, 0.25) is 0 Å². The van der Waals surface area contributed by atoms with Crippen LogP contribution in [0.3, 0.4) is 0 Å². The number of alkyl halides is 3. The minimum absolute atomic E-state index is 0.406. The number of benzene rings is 4. The van der Waals surface area contributed by atoms with E-state index in [2.05, 4.69) is 29.4 Å². The monoisotopic (exact) mass is 482 g/mol. The number of rotatable bonds is 6. The highest BCUT2D eigenvalue weighted by Crippen LogP contribution is 2.34. The average molecular weight is 483 g/mol. The Balaban J connectivity index is 1.62. The van der Waals surface area contributed by atoms with E-state index in [-0.39, 0.29) is 0 Å². The van der Waals surface area contributed by atoms with E-state index in [4.69, 9.17) is 0 Å². The molecule has 0 amide bonds. The van der Waals surface area contributed by atoms with Gasteiger partial charge in [-0.25, -0.2) is 4.68 Å². The highest BCUT2D eigenvalue weighted by Gasteiger charge is 2.35. The van der Waals surface area contributed by atoms with Crippen molar-refractivity contribution in [3.05, 3.63) is 143 Å². The van der Waals surface area contributed by atoms with Gasteiger partial charge in [0.1, 0.15) is 0 Å². The van der Waals surface area contributed by atoms with Gasteiger partial charge >= 0.3 is 6.18 Å². The number of hydrogen-bond donors (Lipinski definition) is 0. The Morgan fingerprint density at radius 2 is 1.25 bits per heavy atom. The summed E-state index contributed by atoms with van der Waals surface area (Å²) >= 11 is 0. The molecule has 36 heavy (non-hydrogen) atoms. The first-order valence-corrected chi connectivity index (χ1v) is 11.8. The van der Waals surface area contributed by atoms with E-state index < -0.39 is 11.9 Å². The van der Waals surface area contributed by atoms with E-state index in [9.17, 15) is 13.2 Å². The van der Waals surface area contributed by atoms with Gasteiger partial charge < -0.3 is 0 Å². The fourth-order valence-corrected chi connectivity index (χ4v) is 4.36. The lowest BCUT2D eigenvalue weighted by molar-refractivity contribution is -0.141. The van der Waals surface area contributed by atoms with Crippen molar-refractivity contribution < 1.29 is 13.2 Å². The van der Waals surface area contributed by atoms with E-state index >= 15 is 0 Å². The zero-order valence-corrected chi connectivity index (χ0v) is 19.8. The van der Waals surface area contributed by atoms with Crippen LogP contribution in [0.25, 0.3) is 16.9 Å². The normalized spacial score (nSPS) is 11.6. The number of hydrogen-bond acceptors (Lipinski definition) is 1. The van der Waals surface area contributed by atoms with Gasteiger partial charge in [-0.1, -0.05) is 96.6 Å². The molecule has 2 nitrogen and oxygen atoms in total. The summed E-state index contributed by atoms with van der Waals surface area (Å²) in [6.45, 7) is 1.95.